The molecule has 0 saturated heterocycles. The van der Waals surface area contributed by atoms with Gasteiger partial charge in [0, 0.05) is 35.9 Å². The van der Waals surface area contributed by atoms with E-state index < -0.39 is 0 Å². The third kappa shape index (κ3) is 5.11. The largest absolute Gasteiger partial charge is 0.486 e. The molecule has 0 aliphatic carbocycles. The highest BCUT2D eigenvalue weighted by molar-refractivity contribution is 7.14. The third-order valence-corrected chi connectivity index (χ3v) is 6.22. The van der Waals surface area contributed by atoms with E-state index in [-0.39, 0.29) is 18.4 Å². The van der Waals surface area contributed by atoms with E-state index in [1.165, 1.54) is 18.3 Å². The van der Waals surface area contributed by atoms with Gasteiger partial charge in [-0.15, -0.1) is 11.3 Å². The number of aromatic nitrogens is 3. The number of rotatable bonds is 7. The Morgan fingerprint density at radius 3 is 2.58 bits per heavy atom. The number of hydrogen-bond donors (Lipinski definition) is 2. The van der Waals surface area contributed by atoms with Gasteiger partial charge in [-0.05, 0) is 42.8 Å². The highest BCUT2D eigenvalue weighted by Crippen LogP contribution is 2.27. The summed E-state index contributed by atoms with van der Waals surface area (Å²) in [6, 6.07) is 18.4. The van der Waals surface area contributed by atoms with Gasteiger partial charge in [-0.1, -0.05) is 30.3 Å². The second-order valence-corrected chi connectivity index (χ2v) is 9.05. The number of aryl methyl sites for hydroxylation is 1. The lowest BCUT2D eigenvalue weighted by molar-refractivity contribution is -0.114. The Bertz CT molecular complexity index is 1560. The minimum absolute atomic E-state index is 0.126. The quantitative estimate of drug-likeness (QED) is 0.307. The molecule has 0 spiro atoms. The average molecular weight is 498 g/mol. The van der Waals surface area contributed by atoms with Crippen LogP contribution in [-0.4, -0.2) is 26.2 Å². The van der Waals surface area contributed by atoms with E-state index >= 15 is 0 Å². The zero-order valence-corrected chi connectivity index (χ0v) is 20.5. The fourth-order valence-corrected chi connectivity index (χ4v) is 4.48. The van der Waals surface area contributed by atoms with Crippen molar-refractivity contribution in [1.82, 2.24) is 14.4 Å². The molecular formula is C27H23N5O3S. The summed E-state index contributed by atoms with van der Waals surface area (Å²) < 4.78 is 7.94. The van der Waals surface area contributed by atoms with Crippen LogP contribution in [0.1, 0.15) is 28.5 Å². The first kappa shape index (κ1) is 23.3. The smallest absolute Gasteiger partial charge is 0.261 e. The van der Waals surface area contributed by atoms with Gasteiger partial charge in [0.1, 0.15) is 18.0 Å². The minimum Gasteiger partial charge on any atom is -0.486 e. The van der Waals surface area contributed by atoms with Crippen LogP contribution in [0, 0.1) is 6.92 Å². The summed E-state index contributed by atoms with van der Waals surface area (Å²) in [7, 11) is 0. The minimum atomic E-state index is -0.307. The van der Waals surface area contributed by atoms with Gasteiger partial charge in [-0.2, -0.15) is 0 Å². The number of amides is 2. The van der Waals surface area contributed by atoms with Crippen LogP contribution in [0.15, 0.2) is 78.4 Å². The lowest BCUT2D eigenvalue weighted by atomic mass is 10.1. The monoisotopic (exact) mass is 497 g/mol. The van der Waals surface area contributed by atoms with Crippen LogP contribution < -0.4 is 15.4 Å². The van der Waals surface area contributed by atoms with Crippen LogP contribution >= 0.6 is 11.3 Å². The second kappa shape index (κ2) is 10.0. The number of carbonyl (C=O) groups excluding carboxylic acids is 2. The number of fused-ring (bicyclic) bond motifs is 1. The van der Waals surface area contributed by atoms with Crippen molar-refractivity contribution < 1.29 is 14.3 Å². The van der Waals surface area contributed by atoms with Crippen molar-refractivity contribution in [2.45, 2.75) is 20.5 Å². The molecule has 3 aromatic heterocycles. The molecule has 8 nitrogen and oxygen atoms in total. The van der Waals surface area contributed by atoms with Crippen molar-refractivity contribution in [3.05, 3.63) is 95.3 Å². The third-order valence-electron chi connectivity index (χ3n) is 5.46. The number of anilines is 2. The van der Waals surface area contributed by atoms with Crippen molar-refractivity contribution in [1.29, 1.82) is 0 Å². The summed E-state index contributed by atoms with van der Waals surface area (Å²) in [6.07, 6.45) is 3.87. The topological polar surface area (TPSA) is 97.6 Å². The fourth-order valence-electron chi connectivity index (χ4n) is 3.76. The number of para-hydroxylation sites is 1. The fraction of sp³-hybridized carbons (Fsp3) is 0.111. The Morgan fingerprint density at radius 1 is 1.00 bits per heavy atom. The Hall–Kier alpha value is -4.50. The summed E-state index contributed by atoms with van der Waals surface area (Å²) in [5, 5.41) is 7.95. The Balaban J connectivity index is 1.27. The Morgan fingerprint density at radius 2 is 1.81 bits per heavy atom. The first-order valence-corrected chi connectivity index (χ1v) is 12.1. The summed E-state index contributed by atoms with van der Waals surface area (Å²) in [4.78, 5) is 33.4. The molecule has 5 rings (SSSR count). The zero-order chi connectivity index (χ0) is 25.1. The number of nitrogens with zero attached hydrogens (tertiary/aromatic N) is 3. The maximum Gasteiger partial charge on any atom is 0.261 e. The van der Waals surface area contributed by atoms with Crippen molar-refractivity contribution in [2.24, 2.45) is 0 Å². The van der Waals surface area contributed by atoms with E-state index in [0.717, 1.165) is 28.2 Å². The standard InChI is InChI=1S/C27H23N5O3S/c1-17-6-5-13-32-14-21(29-25(17)32)15-35-24-8-4-3-7-22(24)26(34)31-27-30-23(16-36-27)19-9-11-20(12-10-19)28-18(2)33/h3-14,16H,15H2,1-2H3,(H,28,33)(H,30,31,34). The number of ether oxygens (including phenoxy) is 1. The molecule has 5 aromatic rings. The lowest BCUT2D eigenvalue weighted by Gasteiger charge is -2.10. The molecular weight excluding hydrogens is 474 g/mol. The molecule has 0 bridgehead atoms. The summed E-state index contributed by atoms with van der Waals surface area (Å²) in [6.45, 7) is 3.71. The van der Waals surface area contributed by atoms with Gasteiger partial charge in [-0.3, -0.25) is 14.9 Å². The van der Waals surface area contributed by atoms with Crippen LogP contribution in [0.2, 0.25) is 0 Å². The first-order chi connectivity index (χ1) is 17.5. The van der Waals surface area contributed by atoms with E-state index in [9.17, 15) is 9.59 Å². The highest BCUT2D eigenvalue weighted by Gasteiger charge is 2.15. The average Bonchev–Trinajstić information content (AvgIpc) is 3.51. The maximum absolute atomic E-state index is 13.0. The summed E-state index contributed by atoms with van der Waals surface area (Å²) in [5.41, 5.74) is 5.47. The molecule has 0 fully saturated rings. The molecule has 3 heterocycles. The predicted octanol–water partition coefficient (Wildman–Crippen LogP) is 5.56. The predicted molar refractivity (Wildman–Crippen MR) is 141 cm³/mol. The maximum atomic E-state index is 13.0. The van der Waals surface area contributed by atoms with E-state index in [1.807, 2.05) is 71.6 Å². The first-order valence-electron chi connectivity index (χ1n) is 11.3. The molecule has 2 N–H and O–H groups in total. The number of thiazole rings is 1. The number of hydrogen-bond acceptors (Lipinski definition) is 6. The van der Waals surface area contributed by atoms with E-state index in [1.54, 1.807) is 18.2 Å². The molecule has 0 atom stereocenters. The van der Waals surface area contributed by atoms with Crippen molar-refractivity contribution in [2.75, 3.05) is 10.6 Å². The molecule has 0 saturated carbocycles. The van der Waals surface area contributed by atoms with Gasteiger partial charge in [0.2, 0.25) is 5.91 Å². The van der Waals surface area contributed by atoms with Crippen molar-refractivity contribution in [3.63, 3.8) is 0 Å². The highest BCUT2D eigenvalue weighted by atomic mass is 32.1. The molecule has 0 aliphatic heterocycles. The molecule has 36 heavy (non-hydrogen) atoms. The number of benzene rings is 2. The van der Waals surface area contributed by atoms with E-state index in [4.69, 9.17) is 4.74 Å². The zero-order valence-electron chi connectivity index (χ0n) is 19.7. The van der Waals surface area contributed by atoms with Gasteiger partial charge >= 0.3 is 0 Å². The summed E-state index contributed by atoms with van der Waals surface area (Å²) >= 11 is 1.34. The van der Waals surface area contributed by atoms with Crippen molar-refractivity contribution in [3.8, 4) is 17.0 Å². The van der Waals surface area contributed by atoms with E-state index in [0.29, 0.717) is 22.1 Å². The number of pyridine rings is 1. The molecule has 2 amide bonds. The molecule has 0 radical (unpaired) electrons. The summed E-state index contributed by atoms with van der Waals surface area (Å²) in [5.74, 6) is 0.0339. The Labute approximate surface area is 211 Å². The van der Waals surface area contributed by atoms with Crippen LogP contribution in [0.25, 0.3) is 16.9 Å². The Kier molecular flexibility index (Phi) is 6.46. The molecule has 0 aliphatic rings. The molecule has 9 heteroatoms. The van der Waals surface area contributed by atoms with Crippen LogP contribution in [0.4, 0.5) is 10.8 Å². The van der Waals surface area contributed by atoms with Gasteiger partial charge in [0.15, 0.2) is 5.13 Å². The van der Waals surface area contributed by atoms with Gasteiger partial charge < -0.3 is 14.5 Å². The van der Waals surface area contributed by atoms with Crippen LogP contribution in [0.3, 0.4) is 0 Å². The second-order valence-electron chi connectivity index (χ2n) is 8.19. The van der Waals surface area contributed by atoms with Gasteiger partial charge in [0.25, 0.3) is 5.91 Å². The van der Waals surface area contributed by atoms with Crippen molar-refractivity contribution >= 4 is 39.6 Å². The van der Waals surface area contributed by atoms with Gasteiger partial charge in [-0.25, -0.2) is 9.97 Å². The SMILES string of the molecule is CC(=O)Nc1ccc(-c2csc(NC(=O)c3ccccc3OCc3cn4cccc(C)c4n3)n2)cc1. The molecule has 180 valence electrons. The van der Waals surface area contributed by atoms with Crippen LogP contribution in [-0.2, 0) is 11.4 Å². The number of carbonyl (C=O) groups is 2. The van der Waals surface area contributed by atoms with Crippen LogP contribution in [0.5, 0.6) is 5.75 Å². The number of imidazole rings is 1. The number of nitrogens with one attached hydrogen (secondary N) is 2. The molecule has 2 aromatic carbocycles. The normalized spacial score (nSPS) is 10.8. The lowest BCUT2D eigenvalue weighted by Crippen LogP contribution is -2.13. The van der Waals surface area contributed by atoms with E-state index in [2.05, 4.69) is 20.6 Å². The van der Waals surface area contributed by atoms with Gasteiger partial charge in [0.05, 0.1) is 17.0 Å². The molecule has 0 unspecified atom stereocenters.